The van der Waals surface area contributed by atoms with E-state index in [0.717, 1.165) is 31.1 Å². The summed E-state index contributed by atoms with van der Waals surface area (Å²) in [5, 5.41) is 5.88. The van der Waals surface area contributed by atoms with Crippen LogP contribution in [0.25, 0.3) is 11.1 Å². The molecule has 11 heteroatoms. The first-order valence-corrected chi connectivity index (χ1v) is 32.5. The Balaban J connectivity index is 1.12. The number of para-hydroxylation sites is 2. The van der Waals surface area contributed by atoms with Crippen LogP contribution in [0.2, 0.25) is 0 Å². The van der Waals surface area contributed by atoms with E-state index in [4.69, 9.17) is 32.8 Å². The lowest BCUT2D eigenvalue weighted by Gasteiger charge is -2.53. The molecule has 0 atom stereocenters. The molecule has 11 aromatic carbocycles. The predicted octanol–water partition coefficient (Wildman–Crippen LogP) is 7.49. The molecule has 0 aromatic heterocycles. The van der Waals surface area contributed by atoms with Gasteiger partial charge in [0.05, 0.1) is 13.7 Å². The van der Waals surface area contributed by atoms with Crippen molar-refractivity contribution in [3.05, 3.63) is 297 Å². The number of fused-ring (bicyclic) bond motifs is 4. The van der Waals surface area contributed by atoms with Crippen molar-refractivity contribution in [2.24, 2.45) is 0 Å². The Labute approximate surface area is 467 Å². The lowest BCUT2D eigenvalue weighted by atomic mass is 9.34. The SMILES string of the molecule is [2H]c1c([2H])c([2H])c2c(c1[2H])Oc1c([2H])c([2H])c(-c3cccc([Si]4(c5ccccc5)O[Si](c5ccccc5)(c5ccccc5)O[Si](c5ccccc5)(c5ccccc5)O[Si](c5ccccc5)(c5ccccc5)O4)c3)c3c1B2c1c([2H])c([2H])c([2H])c([2H])c1O3. The second-order valence-corrected chi connectivity index (χ2v) is 31.7. The van der Waals surface area contributed by atoms with Gasteiger partial charge in [-0.15, -0.1) is 0 Å². The molecule has 368 valence electrons. The normalized spacial score (nSPS) is 18.0. The van der Waals surface area contributed by atoms with Crippen molar-refractivity contribution in [2.75, 3.05) is 0 Å². The Kier molecular flexibility index (Phi) is 9.46. The number of hydrogen-bond acceptors (Lipinski definition) is 6. The van der Waals surface area contributed by atoms with Gasteiger partial charge in [-0.1, -0.05) is 267 Å². The van der Waals surface area contributed by atoms with Crippen molar-refractivity contribution in [3.8, 4) is 34.1 Å². The molecule has 0 radical (unpaired) electrons. The summed E-state index contributed by atoms with van der Waals surface area (Å²) < 4.78 is 140. The maximum absolute atomic E-state index is 10.1. The number of rotatable bonds is 9. The van der Waals surface area contributed by atoms with Crippen molar-refractivity contribution in [1.29, 1.82) is 0 Å². The number of benzene rings is 11. The Morgan fingerprint density at radius 3 is 1.00 bits per heavy atom. The molecule has 0 unspecified atom stereocenters. The van der Waals surface area contributed by atoms with Crippen LogP contribution in [0.3, 0.4) is 0 Å². The molecule has 0 aliphatic carbocycles. The fraction of sp³-hybridized carbons (Fsp3) is 0. The van der Waals surface area contributed by atoms with Gasteiger partial charge < -0.3 is 25.9 Å². The molecule has 14 rings (SSSR count). The summed E-state index contributed by atoms with van der Waals surface area (Å²) in [7, 11) is -17.7. The van der Waals surface area contributed by atoms with Crippen LogP contribution in [0.15, 0.2) is 297 Å². The largest absolute Gasteiger partial charge is 0.458 e. The molecule has 0 spiro atoms. The molecule has 0 bridgehead atoms. The summed E-state index contributed by atoms with van der Waals surface area (Å²) in [6.07, 6.45) is 0. The van der Waals surface area contributed by atoms with Crippen molar-refractivity contribution in [3.63, 3.8) is 0 Å². The Hall–Kier alpha value is -8.21. The highest BCUT2D eigenvalue weighted by Crippen LogP contribution is 2.41. The third kappa shape index (κ3) is 7.90. The van der Waals surface area contributed by atoms with Crippen LogP contribution in [0, 0.1) is 0 Å². The van der Waals surface area contributed by atoms with E-state index in [-0.39, 0.29) is 44.9 Å². The molecule has 3 heterocycles. The second-order valence-electron chi connectivity index (χ2n) is 18.8. The zero-order chi connectivity index (χ0) is 60.0. The molecule has 3 aliphatic heterocycles. The summed E-state index contributed by atoms with van der Waals surface area (Å²) in [5.74, 6) is -0.977. The lowest BCUT2D eigenvalue weighted by Crippen LogP contribution is -2.88. The highest BCUT2D eigenvalue weighted by Gasteiger charge is 2.68. The smallest absolute Gasteiger partial charge is 0.390 e. The molecule has 77 heavy (non-hydrogen) atoms. The van der Waals surface area contributed by atoms with Gasteiger partial charge in [-0.2, -0.15) is 0 Å². The summed E-state index contributed by atoms with van der Waals surface area (Å²) in [4.78, 5) is 0. The fourth-order valence-corrected chi connectivity index (χ4v) is 33.5. The summed E-state index contributed by atoms with van der Waals surface area (Å²) in [5.41, 5.74) is 0.205. The van der Waals surface area contributed by atoms with E-state index >= 15 is 0 Å². The van der Waals surface area contributed by atoms with Gasteiger partial charge in [0, 0.05) is 11.0 Å². The topological polar surface area (TPSA) is 55.4 Å². The molecule has 11 aromatic rings. The average Bonchev–Trinajstić information content (AvgIpc) is 2.03. The summed E-state index contributed by atoms with van der Waals surface area (Å²) in [6.45, 7) is -1.38. The molecule has 1 saturated heterocycles. The second kappa shape index (κ2) is 19.4. The molecule has 3 aliphatic rings. The third-order valence-corrected chi connectivity index (χ3v) is 32.3. The highest BCUT2D eigenvalue weighted by molar-refractivity contribution is 7.16. The van der Waals surface area contributed by atoms with E-state index in [1.807, 2.05) is 206 Å². The van der Waals surface area contributed by atoms with Gasteiger partial charge in [-0.3, -0.25) is 0 Å². The molecule has 0 saturated carbocycles. The van der Waals surface area contributed by atoms with E-state index in [9.17, 15) is 6.85 Å². The van der Waals surface area contributed by atoms with E-state index < -0.39 is 101 Å². The van der Waals surface area contributed by atoms with Gasteiger partial charge in [-0.05, 0) is 88.2 Å². The minimum atomic E-state index is -4.66. The zero-order valence-corrected chi connectivity index (χ0v) is 45.0. The fourth-order valence-electron chi connectivity index (χ4n) is 10.9. The molecule has 0 amide bonds. The van der Waals surface area contributed by atoms with Gasteiger partial charge in [0.2, 0.25) is 0 Å². The summed E-state index contributed by atoms with van der Waals surface area (Å²) >= 11 is 0. The average molecular weight is 1070 g/mol. The van der Waals surface area contributed by atoms with Crippen molar-refractivity contribution >= 4 is 98.8 Å². The van der Waals surface area contributed by atoms with E-state index in [0.29, 0.717) is 15.9 Å². The van der Waals surface area contributed by atoms with Gasteiger partial charge in [0.1, 0.15) is 23.0 Å². The van der Waals surface area contributed by atoms with Crippen molar-refractivity contribution < 1.29 is 39.6 Å². The Morgan fingerprint density at radius 1 is 0.299 bits per heavy atom. The third-order valence-electron chi connectivity index (χ3n) is 14.4. The number of ether oxygens (including phenoxy) is 2. The van der Waals surface area contributed by atoms with Gasteiger partial charge >= 0.3 is 34.2 Å². The summed E-state index contributed by atoms with van der Waals surface area (Å²) in [6, 6.07) is 72.0. The van der Waals surface area contributed by atoms with Gasteiger partial charge in [0.15, 0.2) is 0 Å². The lowest BCUT2D eigenvalue weighted by molar-refractivity contribution is 0.268. The number of hydrogen-bond donors (Lipinski definition) is 0. The molecule has 1 fully saturated rings. The minimum absolute atomic E-state index is 0.0379. The maximum Gasteiger partial charge on any atom is 0.390 e. The molecule has 0 N–H and O–H groups in total. The minimum Gasteiger partial charge on any atom is -0.458 e. The molecular formula is C66H49BO6Si4. The van der Waals surface area contributed by atoms with Crippen LogP contribution in [0.1, 0.15) is 13.7 Å². The molecule has 6 nitrogen and oxygen atoms in total. The van der Waals surface area contributed by atoms with Crippen LogP contribution in [-0.2, 0) is 16.5 Å². The van der Waals surface area contributed by atoms with E-state index in [2.05, 4.69) is 24.3 Å². The van der Waals surface area contributed by atoms with Crippen LogP contribution >= 0.6 is 0 Å². The monoisotopic (exact) mass is 1070 g/mol. The highest BCUT2D eigenvalue weighted by atomic mass is 28.5. The Morgan fingerprint density at radius 2 is 0.623 bits per heavy atom. The first-order chi connectivity index (χ1) is 42.2. The predicted molar refractivity (Wildman–Crippen MR) is 319 cm³/mol. The van der Waals surface area contributed by atoms with Crippen LogP contribution in [-0.4, -0.2) is 41.0 Å². The van der Waals surface area contributed by atoms with Gasteiger partial charge in [0.25, 0.3) is 6.71 Å². The first-order valence-electron chi connectivity index (χ1n) is 30.3. The van der Waals surface area contributed by atoms with Crippen LogP contribution in [0.5, 0.6) is 23.0 Å². The van der Waals surface area contributed by atoms with Crippen LogP contribution in [0.4, 0.5) is 0 Å². The maximum atomic E-state index is 10.1. The Bertz CT molecular complexity index is 4270. The van der Waals surface area contributed by atoms with Gasteiger partial charge in [-0.25, -0.2) is 0 Å². The standard InChI is InChI=1S/C66H49BO6Si4/c1-8-28-51(29-9-1)74(52-30-10-2-11-31-52)70-75(53-32-12-3-13-33-53,54-34-14-4-15-35-54)72-77(57-40-20-7-21-41-57,73-76(71-74,55-36-16-5-17-37-55)56-38-18-6-19-39-56)58-42-26-27-50(49-58)59-47-48-64-65-66(59)69-63-46-25-23-44-61(63)67(65)60-43-22-24-45-62(60)68-64/h1-49H/i22D,23D,24D,25D,43D,44D,45D,46D,47D,48D. The van der Waals surface area contributed by atoms with E-state index in [1.165, 1.54) is 0 Å². The van der Waals surface area contributed by atoms with Crippen LogP contribution < -0.4 is 67.4 Å². The van der Waals surface area contributed by atoms with Crippen molar-refractivity contribution in [2.45, 2.75) is 0 Å². The van der Waals surface area contributed by atoms with Crippen molar-refractivity contribution in [1.82, 2.24) is 0 Å². The quantitative estimate of drug-likeness (QED) is 0.140. The zero-order valence-electron chi connectivity index (χ0n) is 51.0. The first kappa shape index (κ1) is 37.5. The molecular weight excluding hydrogens is 1010 g/mol. The van der Waals surface area contributed by atoms with E-state index in [1.54, 1.807) is 6.07 Å².